The maximum atomic E-state index is 11.5. The highest BCUT2D eigenvalue weighted by Gasteiger charge is 2.23. The molecule has 1 N–H and O–H groups in total. The number of sulfone groups is 1. The van der Waals surface area contributed by atoms with Crippen LogP contribution in [0.3, 0.4) is 0 Å². The summed E-state index contributed by atoms with van der Waals surface area (Å²) in [4.78, 5) is 9.01. The molecule has 0 radical (unpaired) electrons. The van der Waals surface area contributed by atoms with Crippen LogP contribution in [0.2, 0.25) is 0 Å². The van der Waals surface area contributed by atoms with Crippen molar-refractivity contribution in [3.63, 3.8) is 0 Å². The van der Waals surface area contributed by atoms with Crippen LogP contribution in [0.5, 0.6) is 0 Å². The highest BCUT2D eigenvalue weighted by Crippen LogP contribution is 2.21. The van der Waals surface area contributed by atoms with E-state index in [2.05, 4.69) is 50.4 Å². The number of nitrogens with zero attached hydrogens (tertiary/aromatic N) is 3. The minimum atomic E-state index is -2.80. The zero-order valence-electron chi connectivity index (χ0n) is 16.7. The number of rotatable bonds is 5. The summed E-state index contributed by atoms with van der Waals surface area (Å²) < 4.78 is 23.0. The minimum absolute atomic E-state index is 0. The van der Waals surface area contributed by atoms with Gasteiger partial charge in [-0.25, -0.2) is 8.42 Å². The molecular formula is C20H33IN4O2S. The van der Waals surface area contributed by atoms with Crippen molar-refractivity contribution < 1.29 is 8.42 Å². The summed E-state index contributed by atoms with van der Waals surface area (Å²) in [5, 5.41) is 3.46. The third kappa shape index (κ3) is 7.18. The molecule has 0 bridgehead atoms. The Balaban J connectivity index is 0.00000280. The second-order valence-electron chi connectivity index (χ2n) is 7.59. The van der Waals surface area contributed by atoms with E-state index in [9.17, 15) is 8.42 Å². The Bertz CT molecular complexity index is 705. The number of likely N-dealkylation sites (tertiary alicyclic amines) is 1. The van der Waals surface area contributed by atoms with Gasteiger partial charge in [0.2, 0.25) is 0 Å². The van der Waals surface area contributed by atoms with Crippen molar-refractivity contribution in [1.82, 2.24) is 15.1 Å². The van der Waals surface area contributed by atoms with Crippen LogP contribution >= 0.6 is 24.0 Å². The molecule has 1 aromatic carbocycles. The van der Waals surface area contributed by atoms with E-state index in [-0.39, 0.29) is 35.5 Å². The van der Waals surface area contributed by atoms with Crippen LogP contribution in [0.4, 0.5) is 0 Å². The molecule has 158 valence electrons. The van der Waals surface area contributed by atoms with Gasteiger partial charge >= 0.3 is 0 Å². The van der Waals surface area contributed by atoms with Gasteiger partial charge in [0, 0.05) is 46.3 Å². The van der Waals surface area contributed by atoms with Crippen molar-refractivity contribution >= 4 is 39.8 Å². The van der Waals surface area contributed by atoms with Crippen LogP contribution in [0.15, 0.2) is 35.3 Å². The smallest absolute Gasteiger partial charge is 0.193 e. The van der Waals surface area contributed by atoms with E-state index >= 15 is 0 Å². The van der Waals surface area contributed by atoms with Crippen molar-refractivity contribution in [2.75, 3.05) is 57.8 Å². The highest BCUT2D eigenvalue weighted by atomic mass is 127. The number of nitrogens with one attached hydrogen (secondary N) is 1. The summed E-state index contributed by atoms with van der Waals surface area (Å²) in [6, 6.07) is 10.8. The maximum Gasteiger partial charge on any atom is 0.193 e. The Hall–Kier alpha value is -0.870. The molecule has 0 aliphatic carbocycles. The molecule has 0 aromatic heterocycles. The number of halogens is 1. The second-order valence-corrected chi connectivity index (χ2v) is 9.89. The van der Waals surface area contributed by atoms with Gasteiger partial charge in [0.05, 0.1) is 11.5 Å². The van der Waals surface area contributed by atoms with Gasteiger partial charge in [-0.2, -0.15) is 0 Å². The summed E-state index contributed by atoms with van der Waals surface area (Å²) in [5.41, 5.74) is 1.43. The third-order valence-electron chi connectivity index (χ3n) is 5.64. The molecule has 0 unspecified atom stereocenters. The molecule has 0 atom stereocenters. The molecule has 2 aliphatic rings. The molecule has 2 aliphatic heterocycles. The first-order valence-electron chi connectivity index (χ1n) is 9.98. The lowest BCUT2D eigenvalue weighted by Crippen LogP contribution is -2.49. The standard InChI is InChI=1S/C20H32N4O2S.HI/c1-21-20(22-9-12-23-13-15-27(25,26)16-14-23)24-10-7-19(8-11-24)17-18-5-3-2-4-6-18;/h2-6,19H,7-17H2,1H3,(H,21,22);1H. The van der Waals surface area contributed by atoms with Crippen molar-refractivity contribution in [2.45, 2.75) is 19.3 Å². The monoisotopic (exact) mass is 520 g/mol. The normalized spacial score (nSPS) is 21.2. The van der Waals surface area contributed by atoms with E-state index in [4.69, 9.17) is 0 Å². The molecule has 0 amide bonds. The first-order valence-corrected chi connectivity index (χ1v) is 11.8. The van der Waals surface area contributed by atoms with Crippen molar-refractivity contribution in [3.05, 3.63) is 35.9 Å². The van der Waals surface area contributed by atoms with E-state index in [1.54, 1.807) is 0 Å². The van der Waals surface area contributed by atoms with Crippen molar-refractivity contribution in [2.24, 2.45) is 10.9 Å². The fourth-order valence-electron chi connectivity index (χ4n) is 3.93. The number of hydrogen-bond donors (Lipinski definition) is 1. The molecule has 6 nitrogen and oxygen atoms in total. The first-order chi connectivity index (χ1) is 13.1. The molecule has 0 saturated carbocycles. The number of hydrogen-bond acceptors (Lipinski definition) is 4. The van der Waals surface area contributed by atoms with E-state index < -0.39 is 9.84 Å². The van der Waals surface area contributed by atoms with Gasteiger partial charge in [0.15, 0.2) is 15.8 Å². The Labute approximate surface area is 186 Å². The molecule has 2 fully saturated rings. The van der Waals surface area contributed by atoms with Gasteiger partial charge in [0.25, 0.3) is 0 Å². The topological polar surface area (TPSA) is 65.0 Å². The van der Waals surface area contributed by atoms with Gasteiger partial charge in [-0.1, -0.05) is 30.3 Å². The van der Waals surface area contributed by atoms with Crippen molar-refractivity contribution in [3.8, 4) is 0 Å². The zero-order chi connectivity index (χ0) is 19.1. The molecule has 1 aromatic rings. The molecule has 28 heavy (non-hydrogen) atoms. The lowest BCUT2D eigenvalue weighted by atomic mass is 9.90. The van der Waals surface area contributed by atoms with E-state index in [0.717, 1.165) is 38.1 Å². The van der Waals surface area contributed by atoms with Crippen LogP contribution < -0.4 is 5.32 Å². The summed E-state index contributed by atoms with van der Waals surface area (Å²) in [7, 11) is -0.962. The quantitative estimate of drug-likeness (QED) is 0.365. The van der Waals surface area contributed by atoms with Crippen LogP contribution in [-0.2, 0) is 16.3 Å². The molecule has 0 spiro atoms. The SMILES string of the molecule is CN=C(NCCN1CCS(=O)(=O)CC1)N1CCC(Cc2ccccc2)CC1.I. The minimum Gasteiger partial charge on any atom is -0.355 e. The van der Waals surface area contributed by atoms with E-state index in [1.165, 1.54) is 24.8 Å². The summed E-state index contributed by atoms with van der Waals surface area (Å²) in [6.45, 7) is 5.04. The molecule has 2 heterocycles. The van der Waals surface area contributed by atoms with Gasteiger partial charge < -0.3 is 10.2 Å². The van der Waals surface area contributed by atoms with Crippen LogP contribution in [-0.4, -0.2) is 82.0 Å². The Morgan fingerprint density at radius 2 is 1.75 bits per heavy atom. The summed E-state index contributed by atoms with van der Waals surface area (Å²) in [6.07, 6.45) is 3.55. The largest absolute Gasteiger partial charge is 0.355 e. The van der Waals surface area contributed by atoms with Gasteiger partial charge in [-0.15, -0.1) is 24.0 Å². The summed E-state index contributed by atoms with van der Waals surface area (Å²) in [5.74, 6) is 2.29. The average Bonchev–Trinajstić information content (AvgIpc) is 2.68. The predicted octanol–water partition coefficient (Wildman–Crippen LogP) is 1.86. The number of aliphatic imine (C=N–C) groups is 1. The van der Waals surface area contributed by atoms with Crippen LogP contribution in [0.25, 0.3) is 0 Å². The predicted molar refractivity (Wildman–Crippen MR) is 126 cm³/mol. The Kier molecular flexibility index (Phi) is 9.49. The molecular weight excluding hydrogens is 487 g/mol. The lowest BCUT2D eigenvalue weighted by molar-refractivity contribution is 0.255. The number of guanidine groups is 1. The number of benzene rings is 1. The third-order valence-corrected chi connectivity index (χ3v) is 7.25. The van der Waals surface area contributed by atoms with E-state index in [1.807, 2.05) is 7.05 Å². The molecule has 2 saturated heterocycles. The average molecular weight is 520 g/mol. The summed E-state index contributed by atoms with van der Waals surface area (Å²) >= 11 is 0. The van der Waals surface area contributed by atoms with Crippen LogP contribution in [0.1, 0.15) is 18.4 Å². The van der Waals surface area contributed by atoms with Crippen molar-refractivity contribution in [1.29, 1.82) is 0 Å². The number of piperidine rings is 1. The fourth-order valence-corrected chi connectivity index (χ4v) is 5.21. The Morgan fingerprint density at radius 3 is 2.36 bits per heavy atom. The van der Waals surface area contributed by atoms with Crippen LogP contribution in [0, 0.1) is 5.92 Å². The van der Waals surface area contributed by atoms with Gasteiger partial charge in [-0.3, -0.25) is 9.89 Å². The molecule has 8 heteroatoms. The second kappa shape index (κ2) is 11.3. The van der Waals surface area contributed by atoms with Gasteiger partial charge in [-0.05, 0) is 30.7 Å². The zero-order valence-corrected chi connectivity index (χ0v) is 19.9. The van der Waals surface area contributed by atoms with Gasteiger partial charge in [0.1, 0.15) is 0 Å². The lowest BCUT2D eigenvalue weighted by Gasteiger charge is -2.35. The molecule has 3 rings (SSSR count). The van der Waals surface area contributed by atoms with E-state index in [0.29, 0.717) is 13.1 Å². The first kappa shape index (κ1) is 23.4. The highest BCUT2D eigenvalue weighted by molar-refractivity contribution is 14.0. The Morgan fingerprint density at radius 1 is 1.11 bits per heavy atom. The fraction of sp³-hybridized carbons (Fsp3) is 0.650. The maximum absolute atomic E-state index is 11.5.